The van der Waals surface area contributed by atoms with Gasteiger partial charge in [-0.2, -0.15) is 0 Å². The standard InChI is InChI=1S/C36H64N4O3/c1-31(2)16-28(17-32(3,4)38-31)41-22-25-13-26(23-42-29-18-33(5,6)39-34(7,8)19-29)15-27(14-25)24-43-30-20-35(9,10)40(37)36(11,12)21-30/h13-15,28-30,38-39H,16-24,37H2,1-12H3. The molecule has 246 valence electrons. The van der Waals surface area contributed by atoms with Gasteiger partial charge in [0.2, 0.25) is 0 Å². The minimum Gasteiger partial charge on any atom is -0.373 e. The van der Waals surface area contributed by atoms with E-state index in [1.54, 1.807) is 0 Å². The van der Waals surface area contributed by atoms with Crippen LogP contribution in [0.2, 0.25) is 0 Å². The van der Waals surface area contributed by atoms with Crippen molar-refractivity contribution in [1.82, 2.24) is 15.6 Å². The predicted molar refractivity (Wildman–Crippen MR) is 177 cm³/mol. The maximum Gasteiger partial charge on any atom is 0.0720 e. The topological polar surface area (TPSA) is 81.0 Å². The SMILES string of the molecule is CC1(C)CC(OCc2cc(COC3CC(C)(C)NC(C)(C)C3)cc(COC3CC(C)(C)N(N)C(C)(C)C3)c2)CC(C)(C)N1. The average Bonchev–Trinajstić information content (AvgIpc) is 2.79. The molecule has 3 heterocycles. The van der Waals surface area contributed by atoms with Crippen LogP contribution in [0.5, 0.6) is 0 Å². The molecule has 3 aliphatic heterocycles. The second kappa shape index (κ2) is 12.3. The number of ether oxygens (including phenoxy) is 3. The van der Waals surface area contributed by atoms with Crippen molar-refractivity contribution in [2.24, 2.45) is 5.84 Å². The minimum atomic E-state index is -0.117. The molecule has 4 N–H and O–H groups in total. The summed E-state index contributed by atoms with van der Waals surface area (Å²) < 4.78 is 19.8. The van der Waals surface area contributed by atoms with Crippen molar-refractivity contribution in [3.8, 4) is 0 Å². The molecule has 3 saturated heterocycles. The first-order valence-electron chi connectivity index (χ1n) is 16.6. The van der Waals surface area contributed by atoms with E-state index >= 15 is 0 Å². The van der Waals surface area contributed by atoms with E-state index in [2.05, 4.69) is 112 Å². The molecular formula is C36H64N4O3. The highest BCUT2D eigenvalue weighted by atomic mass is 16.5. The summed E-state index contributed by atoms with van der Waals surface area (Å²) in [5.41, 5.74) is 3.55. The number of nitrogens with two attached hydrogens (primary N) is 1. The predicted octanol–water partition coefficient (Wildman–Crippen LogP) is 6.75. The van der Waals surface area contributed by atoms with E-state index in [0.29, 0.717) is 19.8 Å². The van der Waals surface area contributed by atoms with E-state index in [0.717, 1.165) is 38.5 Å². The Hall–Kier alpha value is -1.06. The van der Waals surface area contributed by atoms with Gasteiger partial charge in [0.1, 0.15) is 0 Å². The zero-order valence-electron chi connectivity index (χ0n) is 29.6. The van der Waals surface area contributed by atoms with Crippen LogP contribution in [0.25, 0.3) is 0 Å². The van der Waals surface area contributed by atoms with Crippen LogP contribution in [0.1, 0.15) is 138 Å². The first kappa shape index (κ1) is 34.8. The van der Waals surface area contributed by atoms with Crippen LogP contribution in [0.4, 0.5) is 0 Å². The lowest BCUT2D eigenvalue weighted by Gasteiger charge is -2.52. The minimum absolute atomic E-state index is 0.0537. The second-order valence-corrected chi connectivity index (χ2v) is 18.0. The quantitative estimate of drug-likeness (QED) is 0.271. The highest BCUT2D eigenvalue weighted by Crippen LogP contribution is 2.37. The Labute approximate surface area is 263 Å². The van der Waals surface area contributed by atoms with Crippen molar-refractivity contribution in [3.05, 3.63) is 34.9 Å². The molecule has 0 unspecified atom stereocenters. The first-order valence-corrected chi connectivity index (χ1v) is 16.6. The number of hydrogen-bond acceptors (Lipinski definition) is 7. The summed E-state index contributed by atoms with van der Waals surface area (Å²) in [7, 11) is 0. The van der Waals surface area contributed by atoms with Gasteiger partial charge in [-0.05, 0) is 138 Å². The number of benzene rings is 1. The Kier molecular flexibility index (Phi) is 9.94. The summed E-state index contributed by atoms with van der Waals surface area (Å²) in [6, 6.07) is 6.81. The summed E-state index contributed by atoms with van der Waals surface area (Å²) in [5, 5.41) is 9.56. The number of nitrogens with zero attached hydrogens (tertiary/aromatic N) is 1. The van der Waals surface area contributed by atoms with Crippen molar-refractivity contribution in [1.29, 1.82) is 0 Å². The van der Waals surface area contributed by atoms with Crippen LogP contribution < -0.4 is 16.5 Å². The third-order valence-electron chi connectivity index (χ3n) is 9.63. The van der Waals surface area contributed by atoms with Gasteiger partial charge < -0.3 is 24.8 Å². The summed E-state index contributed by atoms with van der Waals surface area (Å²) in [6.07, 6.45) is 6.42. The zero-order valence-corrected chi connectivity index (χ0v) is 29.6. The Morgan fingerprint density at radius 1 is 0.535 bits per heavy atom. The van der Waals surface area contributed by atoms with Crippen LogP contribution in [0.3, 0.4) is 0 Å². The maximum absolute atomic E-state index is 6.62. The van der Waals surface area contributed by atoms with Crippen LogP contribution in [-0.2, 0) is 34.0 Å². The van der Waals surface area contributed by atoms with Crippen molar-refractivity contribution in [2.75, 3.05) is 0 Å². The lowest BCUT2D eigenvalue weighted by molar-refractivity contribution is -0.109. The Balaban J connectivity index is 1.48. The molecule has 7 heteroatoms. The molecule has 1 aromatic rings. The highest BCUT2D eigenvalue weighted by molar-refractivity contribution is 5.29. The number of nitrogens with one attached hydrogen (secondary N) is 2. The van der Waals surface area contributed by atoms with Gasteiger partial charge in [0.15, 0.2) is 0 Å². The van der Waals surface area contributed by atoms with E-state index in [-0.39, 0.29) is 51.5 Å². The van der Waals surface area contributed by atoms with Gasteiger partial charge in [-0.1, -0.05) is 18.2 Å². The van der Waals surface area contributed by atoms with E-state index in [1.807, 2.05) is 5.01 Å². The molecule has 0 bridgehead atoms. The van der Waals surface area contributed by atoms with Crippen molar-refractivity contribution >= 4 is 0 Å². The monoisotopic (exact) mass is 600 g/mol. The summed E-state index contributed by atoms with van der Waals surface area (Å²) >= 11 is 0. The van der Waals surface area contributed by atoms with E-state index in [9.17, 15) is 0 Å². The molecule has 43 heavy (non-hydrogen) atoms. The molecule has 3 aliphatic rings. The fourth-order valence-corrected chi connectivity index (χ4v) is 8.74. The van der Waals surface area contributed by atoms with Gasteiger partial charge >= 0.3 is 0 Å². The summed E-state index contributed by atoms with van der Waals surface area (Å²) in [6.45, 7) is 28.8. The summed E-state index contributed by atoms with van der Waals surface area (Å²) in [4.78, 5) is 0. The second-order valence-electron chi connectivity index (χ2n) is 18.0. The number of hydrogen-bond donors (Lipinski definition) is 3. The molecule has 0 aromatic heterocycles. The first-order chi connectivity index (χ1) is 19.5. The average molecular weight is 601 g/mol. The molecule has 0 aliphatic carbocycles. The molecule has 0 amide bonds. The molecule has 3 fully saturated rings. The Bertz CT molecular complexity index is 999. The van der Waals surface area contributed by atoms with E-state index in [4.69, 9.17) is 20.1 Å². The third kappa shape index (κ3) is 9.71. The number of piperidine rings is 3. The molecule has 1 aromatic carbocycles. The van der Waals surface area contributed by atoms with Gasteiger partial charge in [-0.3, -0.25) is 5.84 Å². The number of hydrazine groups is 1. The molecule has 0 spiro atoms. The smallest absolute Gasteiger partial charge is 0.0720 e. The molecule has 0 radical (unpaired) electrons. The van der Waals surface area contributed by atoms with E-state index < -0.39 is 0 Å². The van der Waals surface area contributed by atoms with Gasteiger partial charge in [-0.15, -0.1) is 0 Å². The largest absolute Gasteiger partial charge is 0.373 e. The molecular weight excluding hydrogens is 536 g/mol. The van der Waals surface area contributed by atoms with Crippen LogP contribution in [-0.4, -0.2) is 56.6 Å². The normalized spacial score (nSPS) is 27.3. The van der Waals surface area contributed by atoms with Crippen LogP contribution >= 0.6 is 0 Å². The molecule has 0 saturated carbocycles. The van der Waals surface area contributed by atoms with Gasteiger partial charge in [0.05, 0.1) is 38.1 Å². The number of rotatable bonds is 9. The molecule has 4 rings (SSSR count). The lowest BCUT2D eigenvalue weighted by atomic mass is 9.80. The van der Waals surface area contributed by atoms with Gasteiger partial charge in [0.25, 0.3) is 0 Å². The summed E-state index contributed by atoms with van der Waals surface area (Å²) in [5.74, 6) is 6.50. The zero-order chi connectivity index (χ0) is 32.1. The highest BCUT2D eigenvalue weighted by Gasteiger charge is 2.44. The van der Waals surface area contributed by atoms with E-state index in [1.165, 1.54) is 16.7 Å². The lowest BCUT2D eigenvalue weighted by Crippen LogP contribution is -2.65. The van der Waals surface area contributed by atoms with Crippen molar-refractivity contribution in [2.45, 2.75) is 193 Å². The third-order valence-corrected chi connectivity index (χ3v) is 9.63. The van der Waals surface area contributed by atoms with Crippen LogP contribution in [0.15, 0.2) is 18.2 Å². The Morgan fingerprint density at radius 3 is 1.07 bits per heavy atom. The Morgan fingerprint density at radius 2 is 0.791 bits per heavy atom. The van der Waals surface area contributed by atoms with Gasteiger partial charge in [0, 0.05) is 33.2 Å². The van der Waals surface area contributed by atoms with Crippen molar-refractivity contribution < 1.29 is 14.2 Å². The fraction of sp³-hybridized carbons (Fsp3) is 0.833. The van der Waals surface area contributed by atoms with Crippen molar-refractivity contribution in [3.63, 3.8) is 0 Å². The molecule has 0 atom stereocenters. The maximum atomic E-state index is 6.62. The van der Waals surface area contributed by atoms with Gasteiger partial charge in [-0.25, -0.2) is 5.01 Å². The molecule has 7 nitrogen and oxygen atoms in total. The fourth-order valence-electron chi connectivity index (χ4n) is 8.74. The van der Waals surface area contributed by atoms with Crippen LogP contribution in [0, 0.1) is 0 Å².